The highest BCUT2D eigenvalue weighted by Crippen LogP contribution is 2.30. The van der Waals surface area contributed by atoms with Crippen molar-refractivity contribution in [1.29, 1.82) is 0 Å². The molecular weight excluding hydrogens is 303 g/mol. The van der Waals surface area contributed by atoms with Crippen molar-refractivity contribution in [2.24, 2.45) is 5.73 Å². The lowest BCUT2D eigenvalue weighted by Gasteiger charge is -2.18. The minimum absolute atomic E-state index is 0.0472. The van der Waals surface area contributed by atoms with E-state index in [0.29, 0.717) is 6.54 Å². The van der Waals surface area contributed by atoms with Crippen LogP contribution in [-0.2, 0) is 6.18 Å². The van der Waals surface area contributed by atoms with E-state index in [1.165, 1.54) is 6.07 Å². The second kappa shape index (κ2) is 7.56. The molecule has 0 aliphatic carbocycles. The molecule has 21 heavy (non-hydrogen) atoms. The van der Waals surface area contributed by atoms with Crippen LogP contribution in [-0.4, -0.2) is 41.1 Å². The van der Waals surface area contributed by atoms with E-state index in [0.717, 1.165) is 19.2 Å². The average Bonchev–Trinajstić information content (AvgIpc) is 2.42. The topological polar surface area (TPSA) is 51.4 Å². The van der Waals surface area contributed by atoms with Crippen LogP contribution in [0.5, 0.6) is 5.88 Å². The van der Waals surface area contributed by atoms with Crippen molar-refractivity contribution in [1.82, 2.24) is 9.88 Å². The van der Waals surface area contributed by atoms with Crippen LogP contribution in [0.4, 0.5) is 13.2 Å². The number of rotatable bonds is 7. The van der Waals surface area contributed by atoms with Crippen LogP contribution in [0.1, 0.15) is 25.1 Å². The molecule has 0 aromatic carbocycles. The predicted molar refractivity (Wildman–Crippen MR) is 78.4 cm³/mol. The van der Waals surface area contributed by atoms with E-state index in [1.807, 2.05) is 13.8 Å². The summed E-state index contributed by atoms with van der Waals surface area (Å²) in [5, 5.41) is 0. The smallest absolute Gasteiger partial charge is 0.433 e. The van der Waals surface area contributed by atoms with Gasteiger partial charge in [0.2, 0.25) is 5.88 Å². The monoisotopic (exact) mass is 321 g/mol. The van der Waals surface area contributed by atoms with E-state index in [9.17, 15) is 13.2 Å². The quantitative estimate of drug-likeness (QED) is 0.782. The summed E-state index contributed by atoms with van der Waals surface area (Å²) in [5.41, 5.74) is 4.66. The Morgan fingerprint density at radius 2 is 1.95 bits per heavy atom. The number of thiocarbonyl (C=S) groups is 1. The molecule has 1 aromatic rings. The summed E-state index contributed by atoms with van der Waals surface area (Å²) in [7, 11) is 0. The first-order valence-corrected chi connectivity index (χ1v) is 6.93. The number of pyridine rings is 1. The third-order valence-electron chi connectivity index (χ3n) is 2.96. The number of ether oxygens (including phenoxy) is 1. The van der Waals surface area contributed by atoms with Crippen molar-refractivity contribution in [3.05, 3.63) is 23.4 Å². The molecule has 118 valence electrons. The Morgan fingerprint density at radius 1 is 1.33 bits per heavy atom. The van der Waals surface area contributed by atoms with Gasteiger partial charge in [-0.15, -0.1) is 0 Å². The minimum atomic E-state index is -4.54. The number of alkyl halides is 3. The second-order valence-electron chi connectivity index (χ2n) is 4.29. The highest BCUT2D eigenvalue weighted by atomic mass is 32.1. The van der Waals surface area contributed by atoms with Crippen LogP contribution in [0.3, 0.4) is 0 Å². The molecule has 1 aromatic heterocycles. The van der Waals surface area contributed by atoms with E-state index in [-0.39, 0.29) is 23.0 Å². The molecule has 0 bridgehead atoms. The lowest BCUT2D eigenvalue weighted by Crippen LogP contribution is -2.28. The number of hydrogen-bond acceptors (Lipinski definition) is 4. The molecule has 0 aliphatic rings. The van der Waals surface area contributed by atoms with Gasteiger partial charge in [-0.3, -0.25) is 0 Å². The summed E-state index contributed by atoms with van der Waals surface area (Å²) in [6.45, 7) is 6.45. The molecule has 0 fully saturated rings. The van der Waals surface area contributed by atoms with E-state index in [2.05, 4.69) is 9.88 Å². The van der Waals surface area contributed by atoms with Crippen molar-refractivity contribution < 1.29 is 17.9 Å². The standard InChI is InChI=1S/C13H18F3N3OS/c1-3-19(4-2)7-8-20-12-9(11(17)21)5-6-10(18-12)13(14,15)16/h5-6H,3-4,7-8H2,1-2H3,(H2,17,21). The summed E-state index contributed by atoms with van der Waals surface area (Å²) < 4.78 is 43.4. The van der Waals surface area contributed by atoms with Crippen LogP contribution in [0.15, 0.2) is 12.1 Å². The molecule has 0 atom stereocenters. The number of hydrogen-bond donors (Lipinski definition) is 1. The Labute approximate surface area is 127 Å². The molecule has 1 heterocycles. The van der Waals surface area contributed by atoms with Gasteiger partial charge >= 0.3 is 6.18 Å². The van der Waals surface area contributed by atoms with Crippen molar-refractivity contribution in [3.63, 3.8) is 0 Å². The second-order valence-corrected chi connectivity index (χ2v) is 4.73. The fourth-order valence-corrected chi connectivity index (χ4v) is 1.86. The van der Waals surface area contributed by atoms with E-state index < -0.39 is 11.9 Å². The van der Waals surface area contributed by atoms with Crippen LogP contribution in [0.2, 0.25) is 0 Å². The lowest BCUT2D eigenvalue weighted by molar-refractivity contribution is -0.141. The number of likely N-dealkylation sites (N-methyl/N-ethyl adjacent to an activating group) is 1. The Balaban J connectivity index is 2.89. The molecule has 0 spiro atoms. The third-order valence-corrected chi connectivity index (χ3v) is 3.18. The number of halogens is 3. The van der Waals surface area contributed by atoms with E-state index >= 15 is 0 Å². The zero-order valence-corrected chi connectivity index (χ0v) is 12.7. The molecule has 2 N–H and O–H groups in total. The van der Waals surface area contributed by atoms with Gasteiger partial charge in [-0.1, -0.05) is 26.1 Å². The Bertz CT molecular complexity index is 490. The van der Waals surface area contributed by atoms with Gasteiger partial charge < -0.3 is 15.4 Å². The van der Waals surface area contributed by atoms with Gasteiger partial charge in [-0.25, -0.2) is 4.98 Å². The minimum Gasteiger partial charge on any atom is -0.476 e. The molecule has 0 saturated carbocycles. The SMILES string of the molecule is CCN(CC)CCOc1nc(C(F)(F)F)ccc1C(N)=S. The highest BCUT2D eigenvalue weighted by molar-refractivity contribution is 7.80. The Morgan fingerprint density at radius 3 is 2.43 bits per heavy atom. The van der Waals surface area contributed by atoms with Gasteiger partial charge in [0.05, 0.1) is 5.56 Å². The van der Waals surface area contributed by atoms with Gasteiger partial charge in [0, 0.05) is 6.54 Å². The normalized spacial score (nSPS) is 11.7. The van der Waals surface area contributed by atoms with Crippen LogP contribution < -0.4 is 10.5 Å². The number of nitrogens with two attached hydrogens (primary N) is 1. The zero-order valence-electron chi connectivity index (χ0n) is 11.9. The molecular formula is C13H18F3N3OS. The summed E-state index contributed by atoms with van der Waals surface area (Å²) >= 11 is 4.80. The maximum atomic E-state index is 12.7. The fourth-order valence-electron chi connectivity index (χ4n) is 1.71. The lowest BCUT2D eigenvalue weighted by atomic mass is 10.2. The van der Waals surface area contributed by atoms with Crippen LogP contribution >= 0.6 is 12.2 Å². The highest BCUT2D eigenvalue weighted by Gasteiger charge is 2.33. The van der Waals surface area contributed by atoms with Crippen LogP contribution in [0.25, 0.3) is 0 Å². The number of aromatic nitrogens is 1. The zero-order chi connectivity index (χ0) is 16.0. The van der Waals surface area contributed by atoms with Crippen molar-refractivity contribution in [3.8, 4) is 5.88 Å². The fraction of sp³-hybridized carbons (Fsp3) is 0.538. The van der Waals surface area contributed by atoms with Gasteiger partial charge in [0.25, 0.3) is 0 Å². The molecule has 1 rings (SSSR count). The van der Waals surface area contributed by atoms with Crippen molar-refractivity contribution in [2.45, 2.75) is 20.0 Å². The third kappa shape index (κ3) is 5.13. The van der Waals surface area contributed by atoms with Gasteiger partial charge in [0.1, 0.15) is 17.3 Å². The summed E-state index contributed by atoms with van der Waals surface area (Å²) in [4.78, 5) is 5.51. The molecule has 0 radical (unpaired) electrons. The molecule has 0 unspecified atom stereocenters. The van der Waals surface area contributed by atoms with Crippen molar-refractivity contribution >= 4 is 17.2 Å². The first-order valence-electron chi connectivity index (χ1n) is 6.52. The Hall–Kier alpha value is -1.41. The average molecular weight is 321 g/mol. The van der Waals surface area contributed by atoms with Gasteiger partial charge in [-0.05, 0) is 25.2 Å². The summed E-state index contributed by atoms with van der Waals surface area (Å²) in [5.74, 6) is -0.176. The maximum absolute atomic E-state index is 12.7. The van der Waals surface area contributed by atoms with E-state index in [4.69, 9.17) is 22.7 Å². The molecule has 4 nitrogen and oxygen atoms in total. The first-order chi connectivity index (χ1) is 9.79. The molecule has 0 amide bonds. The maximum Gasteiger partial charge on any atom is 0.433 e. The first kappa shape index (κ1) is 17.6. The Kier molecular flexibility index (Phi) is 6.35. The van der Waals surface area contributed by atoms with Gasteiger partial charge in [0.15, 0.2) is 0 Å². The molecule has 8 heteroatoms. The largest absolute Gasteiger partial charge is 0.476 e. The molecule has 0 saturated heterocycles. The molecule has 0 aliphatic heterocycles. The summed E-state index contributed by atoms with van der Waals surface area (Å²) in [6.07, 6.45) is -4.54. The number of nitrogens with zero attached hydrogens (tertiary/aromatic N) is 2. The van der Waals surface area contributed by atoms with Crippen LogP contribution in [0, 0.1) is 0 Å². The van der Waals surface area contributed by atoms with Gasteiger partial charge in [-0.2, -0.15) is 13.2 Å². The van der Waals surface area contributed by atoms with Crippen molar-refractivity contribution in [2.75, 3.05) is 26.2 Å². The predicted octanol–water partition coefficient (Wildman–Crippen LogP) is 2.46. The van der Waals surface area contributed by atoms with E-state index in [1.54, 1.807) is 0 Å². The summed E-state index contributed by atoms with van der Waals surface area (Å²) in [6, 6.07) is 2.02.